The molecule has 2 saturated carbocycles. The first kappa shape index (κ1) is 31.6. The molecule has 2 aromatic heterocycles. The molecule has 0 radical (unpaired) electrons. The number of likely N-dealkylation sites (tertiary alicyclic amines) is 1. The van der Waals surface area contributed by atoms with Gasteiger partial charge < -0.3 is 0 Å². The number of fused-ring (bicyclic) bond motifs is 2. The number of nitrogens with zero attached hydrogens (tertiary/aromatic N) is 6. The van der Waals surface area contributed by atoms with Gasteiger partial charge in [-0.2, -0.15) is 13.2 Å². The second kappa shape index (κ2) is 12.3. The van der Waals surface area contributed by atoms with E-state index in [0.29, 0.717) is 49.5 Å². The van der Waals surface area contributed by atoms with Crippen LogP contribution in [0.25, 0.3) is 5.52 Å². The third kappa shape index (κ3) is 5.89. The quantitative estimate of drug-likeness (QED) is 0.350. The van der Waals surface area contributed by atoms with E-state index < -0.39 is 17.9 Å². The Bertz CT molecular complexity index is 1410. The van der Waals surface area contributed by atoms with Crippen LogP contribution < -0.4 is 5.69 Å². The Morgan fingerprint density at radius 3 is 2.38 bits per heavy atom. The largest absolute Gasteiger partial charge is 0.418 e. The van der Waals surface area contributed by atoms with E-state index in [1.165, 1.54) is 42.3 Å². The highest BCUT2D eigenvalue weighted by atomic mass is 19.4. The number of hydrazine groups is 1. The van der Waals surface area contributed by atoms with Crippen molar-refractivity contribution < 1.29 is 17.6 Å². The van der Waals surface area contributed by atoms with Crippen LogP contribution in [0.4, 0.5) is 17.6 Å². The fourth-order valence-electron chi connectivity index (χ4n) is 10.0. The van der Waals surface area contributed by atoms with Gasteiger partial charge in [0.15, 0.2) is 0 Å². The summed E-state index contributed by atoms with van der Waals surface area (Å²) in [7, 11) is 2.27. The highest BCUT2D eigenvalue weighted by Gasteiger charge is 2.59. The van der Waals surface area contributed by atoms with Crippen molar-refractivity contribution in [2.24, 2.45) is 17.3 Å². The Balaban J connectivity index is 1.19. The third-order valence-corrected chi connectivity index (χ3v) is 11.9. The van der Waals surface area contributed by atoms with Crippen molar-refractivity contribution in [3.05, 3.63) is 40.1 Å². The smallest absolute Gasteiger partial charge is 0.299 e. The van der Waals surface area contributed by atoms with E-state index in [0.717, 1.165) is 58.3 Å². The van der Waals surface area contributed by atoms with Crippen LogP contribution in [0.5, 0.6) is 0 Å². The predicted molar refractivity (Wildman–Crippen MR) is 166 cm³/mol. The van der Waals surface area contributed by atoms with Gasteiger partial charge in [0.05, 0.1) is 23.9 Å². The van der Waals surface area contributed by atoms with Crippen molar-refractivity contribution in [2.75, 3.05) is 39.9 Å². The van der Waals surface area contributed by atoms with Gasteiger partial charge >= 0.3 is 11.9 Å². The average molecular weight is 635 g/mol. The van der Waals surface area contributed by atoms with Crippen LogP contribution >= 0.6 is 0 Å². The fourth-order valence-corrected chi connectivity index (χ4v) is 10.0. The summed E-state index contributed by atoms with van der Waals surface area (Å²) in [5.41, 5.74) is -0.648. The van der Waals surface area contributed by atoms with Crippen molar-refractivity contribution in [1.82, 2.24) is 28.8 Å². The van der Waals surface area contributed by atoms with Crippen LogP contribution in [0.1, 0.15) is 101 Å². The molecule has 0 bridgehead atoms. The lowest BCUT2D eigenvalue weighted by molar-refractivity contribution is -0.151. The summed E-state index contributed by atoms with van der Waals surface area (Å²) in [4.78, 5) is 18.5. The second-order valence-electron chi connectivity index (χ2n) is 15.1. The third-order valence-electron chi connectivity index (χ3n) is 11.9. The van der Waals surface area contributed by atoms with E-state index in [-0.39, 0.29) is 29.2 Å². The topological polar surface area (TPSA) is 39.4 Å². The van der Waals surface area contributed by atoms with Crippen molar-refractivity contribution in [1.29, 1.82) is 0 Å². The molecule has 3 saturated heterocycles. The summed E-state index contributed by atoms with van der Waals surface area (Å²) in [6, 6.07) is 1.08. The van der Waals surface area contributed by atoms with Gasteiger partial charge in [0.2, 0.25) is 0 Å². The van der Waals surface area contributed by atoms with Crippen molar-refractivity contribution >= 4 is 5.52 Å². The highest BCUT2D eigenvalue weighted by molar-refractivity contribution is 5.56. The summed E-state index contributed by atoms with van der Waals surface area (Å²) >= 11 is 0. The van der Waals surface area contributed by atoms with E-state index in [9.17, 15) is 22.4 Å². The maximum Gasteiger partial charge on any atom is 0.418 e. The molecule has 0 amide bonds. The van der Waals surface area contributed by atoms with Crippen LogP contribution in [0.2, 0.25) is 0 Å². The van der Waals surface area contributed by atoms with Gasteiger partial charge in [-0.3, -0.25) is 18.8 Å². The minimum absolute atomic E-state index is 0.0698. The molecule has 5 fully saturated rings. The number of rotatable bonds is 5. The van der Waals surface area contributed by atoms with Gasteiger partial charge in [0, 0.05) is 56.6 Å². The van der Waals surface area contributed by atoms with Crippen LogP contribution in [-0.4, -0.2) is 81.0 Å². The number of hydrogen-bond donors (Lipinski definition) is 0. The fraction of sp³-hybridized carbons (Fsp3) is 0.794. The second-order valence-corrected chi connectivity index (χ2v) is 15.1. The number of alkyl halides is 4. The maximum absolute atomic E-state index is 14.4. The number of halogens is 4. The van der Waals surface area contributed by atoms with Gasteiger partial charge in [-0.15, -0.1) is 0 Å². The summed E-state index contributed by atoms with van der Waals surface area (Å²) < 4.78 is 59.8. The number of hydrogen-bond acceptors (Lipinski definition) is 5. The number of piperidine rings is 1. The van der Waals surface area contributed by atoms with Crippen LogP contribution in [-0.2, 0) is 12.7 Å². The summed E-state index contributed by atoms with van der Waals surface area (Å²) in [6.07, 6.45) is 9.81. The normalized spacial score (nSPS) is 33.6. The molecule has 0 N–H and O–H groups in total. The van der Waals surface area contributed by atoms with E-state index in [4.69, 9.17) is 0 Å². The monoisotopic (exact) mass is 634 g/mol. The Labute approximate surface area is 264 Å². The average Bonchev–Trinajstić information content (AvgIpc) is 3.47. The molecule has 7 nitrogen and oxygen atoms in total. The molecular formula is C34H50F4N6O. The molecule has 2 aromatic rings. The van der Waals surface area contributed by atoms with Gasteiger partial charge in [0.1, 0.15) is 6.17 Å². The molecule has 5 aliphatic rings. The van der Waals surface area contributed by atoms with Crippen molar-refractivity contribution in [3.63, 3.8) is 0 Å². The molecule has 250 valence electrons. The zero-order chi connectivity index (χ0) is 31.5. The van der Waals surface area contributed by atoms with E-state index >= 15 is 0 Å². The van der Waals surface area contributed by atoms with Crippen molar-refractivity contribution in [2.45, 2.75) is 115 Å². The summed E-state index contributed by atoms with van der Waals surface area (Å²) in [5, 5.41) is 5.23. The molecule has 0 aromatic carbocycles. The first-order chi connectivity index (χ1) is 21.5. The minimum atomic E-state index is -4.59. The van der Waals surface area contributed by atoms with E-state index in [2.05, 4.69) is 28.9 Å². The molecule has 5 heterocycles. The zero-order valence-electron chi connectivity index (χ0n) is 27.0. The van der Waals surface area contributed by atoms with Crippen LogP contribution in [0, 0.1) is 17.3 Å². The lowest BCUT2D eigenvalue weighted by atomic mass is 9.51. The highest BCUT2D eigenvalue weighted by Crippen LogP contribution is 2.60. The lowest BCUT2D eigenvalue weighted by Gasteiger charge is -2.59. The number of imidazole rings is 1. The predicted octanol–water partition coefficient (Wildman–Crippen LogP) is 6.52. The van der Waals surface area contributed by atoms with Crippen molar-refractivity contribution in [3.8, 4) is 0 Å². The Kier molecular flexibility index (Phi) is 8.61. The lowest BCUT2D eigenvalue weighted by Crippen LogP contribution is -2.61. The molecule has 2 aliphatic carbocycles. The van der Waals surface area contributed by atoms with Gasteiger partial charge in [0.25, 0.3) is 0 Å². The minimum Gasteiger partial charge on any atom is -0.299 e. The van der Waals surface area contributed by atoms with E-state index in [1.54, 1.807) is 10.8 Å². The molecule has 11 heteroatoms. The molecule has 45 heavy (non-hydrogen) atoms. The molecule has 3 unspecified atom stereocenters. The molecular weight excluding hydrogens is 584 g/mol. The van der Waals surface area contributed by atoms with Crippen LogP contribution in [0.3, 0.4) is 0 Å². The summed E-state index contributed by atoms with van der Waals surface area (Å²) in [6.45, 7) is 6.77. The van der Waals surface area contributed by atoms with E-state index in [1.807, 2.05) is 4.90 Å². The number of pyridine rings is 1. The first-order valence-electron chi connectivity index (χ1n) is 17.4. The first-order valence-corrected chi connectivity index (χ1v) is 17.4. The Morgan fingerprint density at radius 1 is 0.933 bits per heavy atom. The molecule has 7 rings (SSSR count). The standard InChI is InChI=1S/C34H50F4N6O/c1-24-18-33(19-24,31-39(2)23-41-12-5-3-4-6-13-44(31)41)26-8-7-9-28(17-26)42-22-30-29(34(36,37)38)16-25(21-43(30)32(42)45)20-40-14-10-27(35)11-15-40/h16,21-22,24,26-28,31H,3-15,17-20,23H2,1-2H3. The Hall–Kier alpha value is -1.95. The summed E-state index contributed by atoms with van der Waals surface area (Å²) in [5.74, 6) is 1.07. The molecule has 0 spiro atoms. The van der Waals surface area contributed by atoms with Gasteiger partial charge in [-0.25, -0.2) is 19.2 Å². The van der Waals surface area contributed by atoms with Gasteiger partial charge in [-0.05, 0) is 88.3 Å². The maximum atomic E-state index is 14.4. The SMILES string of the molecule is CC1CC(C2CCCC(n3cc4c(C(F)(F)F)cc(CN5CCC(F)CC5)cn4c3=O)C2)(C2N(C)CN3CCCCCCN23)C1. The number of aromatic nitrogens is 2. The Morgan fingerprint density at radius 2 is 1.67 bits per heavy atom. The van der Waals surface area contributed by atoms with Gasteiger partial charge in [-0.1, -0.05) is 26.2 Å². The van der Waals surface area contributed by atoms with Crippen LogP contribution in [0.15, 0.2) is 23.3 Å². The zero-order valence-corrected chi connectivity index (χ0v) is 27.0. The molecule has 3 atom stereocenters. The molecule has 3 aliphatic heterocycles.